The number of hydrogen-bond acceptors (Lipinski definition) is 6. The van der Waals surface area contributed by atoms with E-state index in [-0.39, 0.29) is 12.0 Å². The van der Waals surface area contributed by atoms with Crippen LogP contribution in [-0.2, 0) is 4.74 Å². The molecule has 0 aliphatic carbocycles. The van der Waals surface area contributed by atoms with Gasteiger partial charge in [-0.25, -0.2) is 4.98 Å². The van der Waals surface area contributed by atoms with Gasteiger partial charge in [-0.15, -0.1) is 0 Å². The van der Waals surface area contributed by atoms with Gasteiger partial charge in [0.15, 0.2) is 5.13 Å². The number of morpholine rings is 1. The summed E-state index contributed by atoms with van der Waals surface area (Å²) in [5, 5.41) is 0.782. The molecule has 1 aliphatic heterocycles. The van der Waals surface area contributed by atoms with Crippen LogP contribution < -0.4 is 10.6 Å². The Kier molecular flexibility index (Phi) is 4.26. The number of anilines is 2. The van der Waals surface area contributed by atoms with E-state index in [2.05, 4.69) is 4.98 Å². The Labute approximate surface area is 117 Å². The molecule has 7 heteroatoms. The minimum atomic E-state index is -0.0408. The van der Waals surface area contributed by atoms with Gasteiger partial charge in [0, 0.05) is 26.7 Å². The van der Waals surface area contributed by atoms with Gasteiger partial charge in [-0.1, -0.05) is 11.3 Å². The predicted molar refractivity (Wildman–Crippen MR) is 76.8 cm³/mol. The molecular weight excluding hydrogens is 264 g/mol. The Morgan fingerprint density at radius 1 is 1.68 bits per heavy atom. The van der Waals surface area contributed by atoms with Crippen LogP contribution in [0.4, 0.5) is 10.9 Å². The van der Waals surface area contributed by atoms with E-state index in [1.54, 1.807) is 4.90 Å². The number of aromatic nitrogens is 1. The third-order valence-electron chi connectivity index (χ3n) is 3.17. The van der Waals surface area contributed by atoms with Crippen molar-refractivity contribution in [2.75, 3.05) is 43.9 Å². The second-order valence-electron chi connectivity index (χ2n) is 4.66. The highest BCUT2D eigenvalue weighted by atomic mass is 32.1. The summed E-state index contributed by atoms with van der Waals surface area (Å²) in [4.78, 5) is 21.0. The van der Waals surface area contributed by atoms with E-state index in [0.29, 0.717) is 30.4 Å². The van der Waals surface area contributed by atoms with Gasteiger partial charge >= 0.3 is 0 Å². The number of nitrogens with zero attached hydrogens (tertiary/aromatic N) is 3. The van der Waals surface area contributed by atoms with Crippen LogP contribution in [0.5, 0.6) is 0 Å². The molecule has 1 atom stereocenters. The predicted octanol–water partition coefficient (Wildman–Crippen LogP) is 1.04. The molecule has 1 aliphatic rings. The van der Waals surface area contributed by atoms with E-state index >= 15 is 0 Å². The molecule has 2 rings (SSSR count). The number of carbonyl (C=O) groups is 1. The molecule has 0 bridgehead atoms. The lowest BCUT2D eigenvalue weighted by molar-refractivity contribution is -0.0122. The molecule has 1 unspecified atom stereocenters. The van der Waals surface area contributed by atoms with Crippen LogP contribution in [0.1, 0.15) is 23.5 Å². The first-order chi connectivity index (χ1) is 9.02. The maximum Gasteiger partial charge on any atom is 0.268 e. The molecule has 1 aromatic rings. The quantitative estimate of drug-likeness (QED) is 0.898. The number of hydrogen-bond donors (Lipinski definition) is 1. The molecule has 0 spiro atoms. The van der Waals surface area contributed by atoms with Crippen molar-refractivity contribution in [1.29, 1.82) is 0 Å². The summed E-state index contributed by atoms with van der Waals surface area (Å²) in [5.74, 6) is 0.283. The average molecular weight is 284 g/mol. The number of carbonyl (C=O) groups excluding carboxylic acids is 1. The molecule has 0 radical (unpaired) electrons. The SMILES string of the molecule is CCN(C)c1nc(N)c(C(=O)N2CCOC(C)C2)s1. The van der Waals surface area contributed by atoms with Crippen molar-refractivity contribution in [2.45, 2.75) is 20.0 Å². The molecule has 1 fully saturated rings. The zero-order valence-electron chi connectivity index (χ0n) is 11.5. The molecule has 19 heavy (non-hydrogen) atoms. The van der Waals surface area contributed by atoms with Crippen LogP contribution in [0.3, 0.4) is 0 Å². The molecule has 0 aromatic carbocycles. The van der Waals surface area contributed by atoms with Gasteiger partial charge in [0.05, 0.1) is 12.7 Å². The van der Waals surface area contributed by atoms with Crippen LogP contribution in [-0.4, -0.2) is 55.2 Å². The summed E-state index contributed by atoms with van der Waals surface area (Å²) in [6.07, 6.45) is 0.0737. The Bertz CT molecular complexity index is 463. The van der Waals surface area contributed by atoms with E-state index in [0.717, 1.165) is 11.7 Å². The normalized spacial score (nSPS) is 19.5. The van der Waals surface area contributed by atoms with Crippen LogP contribution in [0, 0.1) is 0 Å². The largest absolute Gasteiger partial charge is 0.382 e. The highest BCUT2D eigenvalue weighted by Crippen LogP contribution is 2.28. The van der Waals surface area contributed by atoms with Gasteiger partial charge in [-0.05, 0) is 13.8 Å². The fourth-order valence-corrected chi connectivity index (χ4v) is 2.90. The minimum absolute atomic E-state index is 0.0408. The highest BCUT2D eigenvalue weighted by molar-refractivity contribution is 7.18. The Morgan fingerprint density at radius 3 is 3.05 bits per heavy atom. The first kappa shape index (κ1) is 14.1. The van der Waals surface area contributed by atoms with Crippen molar-refractivity contribution < 1.29 is 9.53 Å². The summed E-state index contributed by atoms with van der Waals surface area (Å²) in [5.41, 5.74) is 5.87. The van der Waals surface area contributed by atoms with Gasteiger partial charge in [0.2, 0.25) is 0 Å². The monoisotopic (exact) mass is 284 g/mol. The summed E-state index contributed by atoms with van der Waals surface area (Å²) in [6.45, 7) is 6.62. The number of thiazole rings is 1. The maximum atomic E-state index is 12.4. The van der Waals surface area contributed by atoms with E-state index in [9.17, 15) is 4.79 Å². The lowest BCUT2D eigenvalue weighted by Gasteiger charge is -2.30. The van der Waals surface area contributed by atoms with Crippen LogP contribution in [0.15, 0.2) is 0 Å². The highest BCUT2D eigenvalue weighted by Gasteiger charge is 2.26. The van der Waals surface area contributed by atoms with Crippen molar-refractivity contribution in [2.24, 2.45) is 0 Å². The molecule has 2 N–H and O–H groups in total. The average Bonchev–Trinajstić information content (AvgIpc) is 2.79. The van der Waals surface area contributed by atoms with Crippen LogP contribution >= 0.6 is 11.3 Å². The molecular formula is C12H20N4O2S. The van der Waals surface area contributed by atoms with Crippen molar-refractivity contribution >= 4 is 28.2 Å². The van der Waals surface area contributed by atoms with Crippen LogP contribution in [0.2, 0.25) is 0 Å². The fraction of sp³-hybridized carbons (Fsp3) is 0.667. The topological polar surface area (TPSA) is 71.7 Å². The van der Waals surface area contributed by atoms with Crippen molar-refractivity contribution in [3.05, 3.63) is 4.88 Å². The molecule has 1 amide bonds. The summed E-state index contributed by atoms with van der Waals surface area (Å²) in [7, 11) is 1.93. The second kappa shape index (κ2) is 5.75. The van der Waals surface area contributed by atoms with E-state index in [1.165, 1.54) is 11.3 Å². The lowest BCUT2D eigenvalue weighted by atomic mass is 10.3. The number of nitrogens with two attached hydrogens (primary N) is 1. The molecule has 1 saturated heterocycles. The maximum absolute atomic E-state index is 12.4. The number of rotatable bonds is 3. The van der Waals surface area contributed by atoms with Gasteiger partial charge in [-0.2, -0.15) is 0 Å². The van der Waals surface area contributed by atoms with E-state index < -0.39 is 0 Å². The number of ether oxygens (including phenoxy) is 1. The second-order valence-corrected chi connectivity index (χ2v) is 5.64. The molecule has 106 valence electrons. The first-order valence-electron chi connectivity index (χ1n) is 6.41. The third kappa shape index (κ3) is 2.98. The van der Waals surface area contributed by atoms with Gasteiger partial charge in [-0.3, -0.25) is 4.79 Å². The molecule has 2 heterocycles. The van der Waals surface area contributed by atoms with Crippen molar-refractivity contribution in [3.63, 3.8) is 0 Å². The number of nitrogen functional groups attached to an aromatic ring is 1. The summed E-state index contributed by atoms with van der Waals surface area (Å²) in [6, 6.07) is 0. The van der Waals surface area contributed by atoms with E-state index in [1.807, 2.05) is 25.8 Å². The van der Waals surface area contributed by atoms with Crippen molar-refractivity contribution in [3.8, 4) is 0 Å². The van der Waals surface area contributed by atoms with Gasteiger partial charge in [0.25, 0.3) is 5.91 Å². The summed E-state index contributed by atoms with van der Waals surface area (Å²) < 4.78 is 5.44. The molecule has 6 nitrogen and oxygen atoms in total. The smallest absolute Gasteiger partial charge is 0.268 e. The minimum Gasteiger partial charge on any atom is -0.382 e. The van der Waals surface area contributed by atoms with Gasteiger partial charge in [0.1, 0.15) is 10.7 Å². The fourth-order valence-electron chi connectivity index (χ4n) is 1.92. The third-order valence-corrected chi connectivity index (χ3v) is 4.34. The lowest BCUT2D eigenvalue weighted by Crippen LogP contribution is -2.44. The zero-order chi connectivity index (χ0) is 14.0. The first-order valence-corrected chi connectivity index (χ1v) is 7.22. The Balaban J connectivity index is 2.16. The van der Waals surface area contributed by atoms with Crippen LogP contribution in [0.25, 0.3) is 0 Å². The molecule has 0 saturated carbocycles. The van der Waals surface area contributed by atoms with Gasteiger partial charge < -0.3 is 20.3 Å². The van der Waals surface area contributed by atoms with E-state index in [4.69, 9.17) is 10.5 Å². The zero-order valence-corrected chi connectivity index (χ0v) is 12.4. The molecule has 1 aromatic heterocycles. The Hall–Kier alpha value is -1.34. The summed E-state index contributed by atoms with van der Waals surface area (Å²) >= 11 is 1.35. The number of amides is 1. The Morgan fingerprint density at radius 2 is 2.42 bits per heavy atom. The standard InChI is InChI=1S/C12H20N4O2S/c1-4-15(3)12-14-10(13)9(19-12)11(17)16-5-6-18-8(2)7-16/h8H,4-7,13H2,1-3H3. The van der Waals surface area contributed by atoms with Crippen molar-refractivity contribution in [1.82, 2.24) is 9.88 Å².